The van der Waals surface area contributed by atoms with Crippen LogP contribution in [0, 0.1) is 6.92 Å². The summed E-state index contributed by atoms with van der Waals surface area (Å²) < 4.78 is 0. The predicted octanol–water partition coefficient (Wildman–Crippen LogP) is 5.85. The molecule has 23 heavy (non-hydrogen) atoms. The number of benzene rings is 2. The predicted molar refractivity (Wildman–Crippen MR) is 98.5 cm³/mol. The molecule has 0 aromatic heterocycles. The molecule has 0 spiro atoms. The molecule has 2 aromatic rings. The maximum Gasteiger partial charge on any atom is 0.194 e. The second-order valence-electron chi connectivity index (χ2n) is 4.20. The van der Waals surface area contributed by atoms with E-state index in [-0.39, 0.29) is 11.6 Å². The lowest BCUT2D eigenvalue weighted by Crippen LogP contribution is -2.21. The first-order valence-corrected chi connectivity index (χ1v) is 8.48. The van der Waals surface area contributed by atoms with Gasteiger partial charge in [-0.15, -0.1) is 0 Å². The van der Waals surface area contributed by atoms with Gasteiger partial charge in [0.2, 0.25) is 0 Å². The Kier molecular flexibility index (Phi) is 9.48. The summed E-state index contributed by atoms with van der Waals surface area (Å²) in [6.45, 7) is 13.9. The number of hydrogen-bond acceptors (Lipinski definition) is 2. The van der Waals surface area contributed by atoms with Gasteiger partial charge in [-0.25, -0.2) is 0 Å². The lowest BCUT2D eigenvalue weighted by atomic mass is 9.82. The SMILES string of the molecule is CC.CC.CC.Cc1cccc2c1C(=O)c1ccccc1C2=O. The fourth-order valence-corrected chi connectivity index (χ4v) is 2.32. The molecule has 124 valence electrons. The summed E-state index contributed by atoms with van der Waals surface area (Å²) in [5.41, 5.74) is 2.95. The third-order valence-electron chi connectivity index (χ3n) is 3.16. The second-order valence-corrected chi connectivity index (χ2v) is 4.20. The van der Waals surface area contributed by atoms with Crippen molar-refractivity contribution in [1.82, 2.24) is 0 Å². The topological polar surface area (TPSA) is 34.1 Å². The van der Waals surface area contributed by atoms with Crippen molar-refractivity contribution in [2.24, 2.45) is 0 Å². The zero-order valence-electron chi connectivity index (χ0n) is 15.4. The van der Waals surface area contributed by atoms with E-state index in [0.29, 0.717) is 22.3 Å². The van der Waals surface area contributed by atoms with Crippen LogP contribution in [0.5, 0.6) is 0 Å². The molecule has 2 nitrogen and oxygen atoms in total. The zero-order chi connectivity index (χ0) is 18.0. The van der Waals surface area contributed by atoms with Crippen molar-refractivity contribution in [3.05, 3.63) is 70.3 Å². The fraction of sp³-hybridized carbons (Fsp3) is 0.333. The average Bonchev–Trinajstić information content (AvgIpc) is 2.64. The molecular weight excluding hydrogens is 284 g/mol. The molecule has 3 rings (SSSR count). The van der Waals surface area contributed by atoms with E-state index in [4.69, 9.17) is 0 Å². The number of carbonyl (C=O) groups is 2. The van der Waals surface area contributed by atoms with Gasteiger partial charge in [0, 0.05) is 22.3 Å². The molecule has 0 saturated heterocycles. The molecule has 2 heteroatoms. The minimum absolute atomic E-state index is 0.0479. The van der Waals surface area contributed by atoms with E-state index in [1.807, 2.05) is 60.6 Å². The molecule has 1 aliphatic carbocycles. The first-order chi connectivity index (χ1) is 11.2. The Morgan fingerprint density at radius 2 is 1.00 bits per heavy atom. The van der Waals surface area contributed by atoms with Crippen LogP contribution < -0.4 is 0 Å². The molecule has 0 bridgehead atoms. The third kappa shape index (κ3) is 4.16. The van der Waals surface area contributed by atoms with Crippen molar-refractivity contribution in [2.45, 2.75) is 48.5 Å². The Hall–Kier alpha value is -2.22. The Balaban J connectivity index is 0.000000728. The van der Waals surface area contributed by atoms with Crippen LogP contribution in [0.25, 0.3) is 0 Å². The van der Waals surface area contributed by atoms with Gasteiger partial charge in [-0.05, 0) is 12.5 Å². The van der Waals surface area contributed by atoms with E-state index >= 15 is 0 Å². The Morgan fingerprint density at radius 3 is 1.52 bits per heavy atom. The summed E-state index contributed by atoms with van der Waals surface area (Å²) in [7, 11) is 0. The molecule has 0 heterocycles. The van der Waals surface area contributed by atoms with Crippen LogP contribution in [0.2, 0.25) is 0 Å². The number of rotatable bonds is 0. The molecule has 0 radical (unpaired) electrons. The number of ketones is 2. The Bertz CT molecular complexity index is 655. The van der Waals surface area contributed by atoms with E-state index in [9.17, 15) is 9.59 Å². The average molecular weight is 312 g/mol. The summed E-state index contributed by atoms with van der Waals surface area (Å²) in [5.74, 6) is -0.104. The molecule has 0 amide bonds. The number of carbonyl (C=O) groups excluding carboxylic acids is 2. The normalized spacial score (nSPS) is 10.6. The van der Waals surface area contributed by atoms with Crippen LogP contribution in [0.15, 0.2) is 42.5 Å². The first kappa shape index (κ1) is 20.8. The van der Waals surface area contributed by atoms with Gasteiger partial charge in [0.05, 0.1) is 0 Å². The van der Waals surface area contributed by atoms with Gasteiger partial charge < -0.3 is 0 Å². The molecular formula is C21H28O2. The number of aryl methyl sites for hydroxylation is 1. The molecule has 0 unspecified atom stereocenters. The Morgan fingerprint density at radius 1 is 0.565 bits per heavy atom. The van der Waals surface area contributed by atoms with Gasteiger partial charge >= 0.3 is 0 Å². The molecule has 2 aromatic carbocycles. The van der Waals surface area contributed by atoms with Gasteiger partial charge in [-0.1, -0.05) is 84.0 Å². The standard InChI is InChI=1S/C15H10O2.3C2H6/c1-9-5-4-8-12-13(9)15(17)11-7-3-2-6-10(11)14(12)16;3*1-2/h2-8H,1H3;3*1-2H3. The maximum atomic E-state index is 12.3. The van der Waals surface area contributed by atoms with Crippen molar-refractivity contribution >= 4 is 11.6 Å². The van der Waals surface area contributed by atoms with Gasteiger partial charge in [-0.2, -0.15) is 0 Å². The van der Waals surface area contributed by atoms with Crippen LogP contribution in [0.3, 0.4) is 0 Å². The highest BCUT2D eigenvalue weighted by Gasteiger charge is 2.29. The summed E-state index contributed by atoms with van der Waals surface area (Å²) in [5, 5.41) is 0. The van der Waals surface area contributed by atoms with Crippen molar-refractivity contribution < 1.29 is 9.59 Å². The van der Waals surface area contributed by atoms with Crippen molar-refractivity contribution in [1.29, 1.82) is 0 Å². The molecule has 0 saturated carbocycles. The molecule has 1 aliphatic rings. The Labute approximate surface area is 140 Å². The summed E-state index contributed by atoms with van der Waals surface area (Å²) in [4.78, 5) is 24.6. The molecule has 0 fully saturated rings. The van der Waals surface area contributed by atoms with Crippen LogP contribution in [0.1, 0.15) is 78.9 Å². The zero-order valence-corrected chi connectivity index (χ0v) is 15.4. The first-order valence-electron chi connectivity index (χ1n) is 8.48. The van der Waals surface area contributed by atoms with Crippen LogP contribution >= 0.6 is 0 Å². The summed E-state index contributed by atoms with van der Waals surface area (Å²) in [6.07, 6.45) is 0. The lowest BCUT2D eigenvalue weighted by Gasteiger charge is -2.18. The molecule has 0 atom stereocenters. The largest absolute Gasteiger partial charge is 0.289 e. The second kappa shape index (κ2) is 10.5. The highest BCUT2D eigenvalue weighted by Crippen LogP contribution is 2.28. The highest BCUT2D eigenvalue weighted by atomic mass is 16.1. The number of hydrogen-bond donors (Lipinski definition) is 0. The van der Waals surface area contributed by atoms with E-state index in [1.165, 1.54) is 0 Å². The van der Waals surface area contributed by atoms with Gasteiger partial charge in [0.1, 0.15) is 0 Å². The lowest BCUT2D eigenvalue weighted by molar-refractivity contribution is 0.0978. The van der Waals surface area contributed by atoms with Crippen LogP contribution in [-0.4, -0.2) is 11.6 Å². The van der Waals surface area contributed by atoms with Gasteiger partial charge in [-0.3, -0.25) is 9.59 Å². The highest BCUT2D eigenvalue weighted by molar-refractivity contribution is 6.28. The van der Waals surface area contributed by atoms with Gasteiger partial charge in [0.25, 0.3) is 0 Å². The minimum atomic E-state index is -0.0566. The summed E-state index contributed by atoms with van der Waals surface area (Å²) in [6, 6.07) is 12.4. The third-order valence-corrected chi connectivity index (χ3v) is 3.16. The fourth-order valence-electron chi connectivity index (χ4n) is 2.32. The summed E-state index contributed by atoms with van der Waals surface area (Å²) >= 11 is 0. The smallest absolute Gasteiger partial charge is 0.194 e. The van der Waals surface area contributed by atoms with Crippen molar-refractivity contribution in [2.75, 3.05) is 0 Å². The van der Waals surface area contributed by atoms with Gasteiger partial charge in [0.15, 0.2) is 11.6 Å². The molecule has 0 N–H and O–H groups in total. The van der Waals surface area contributed by atoms with E-state index < -0.39 is 0 Å². The van der Waals surface area contributed by atoms with Crippen LogP contribution in [0.4, 0.5) is 0 Å². The minimum Gasteiger partial charge on any atom is -0.289 e. The van der Waals surface area contributed by atoms with E-state index in [0.717, 1.165) is 5.56 Å². The van der Waals surface area contributed by atoms with E-state index in [2.05, 4.69) is 0 Å². The van der Waals surface area contributed by atoms with Crippen molar-refractivity contribution in [3.63, 3.8) is 0 Å². The quantitative estimate of drug-likeness (QED) is 0.522. The van der Waals surface area contributed by atoms with E-state index in [1.54, 1.807) is 30.3 Å². The van der Waals surface area contributed by atoms with Crippen molar-refractivity contribution in [3.8, 4) is 0 Å². The monoisotopic (exact) mass is 312 g/mol. The van der Waals surface area contributed by atoms with Crippen LogP contribution in [-0.2, 0) is 0 Å². The number of fused-ring (bicyclic) bond motifs is 2. The maximum absolute atomic E-state index is 12.3. The molecule has 0 aliphatic heterocycles.